The number of carbonyl (C=O) groups excluding carboxylic acids is 8. The summed E-state index contributed by atoms with van der Waals surface area (Å²) in [5.74, 6) is -10.1. The van der Waals surface area contributed by atoms with Gasteiger partial charge in [0.2, 0.25) is 11.3 Å². The minimum absolute atomic E-state index is 0.00286. The molecule has 23 heteroatoms. The van der Waals surface area contributed by atoms with Gasteiger partial charge in [-0.2, -0.15) is 0 Å². The molecule has 5 N–H and O–H groups in total. The number of aldehydes is 2. The summed E-state index contributed by atoms with van der Waals surface area (Å²) in [5.41, 5.74) is -0.951. The highest BCUT2D eigenvalue weighted by Gasteiger charge is 2.50. The van der Waals surface area contributed by atoms with E-state index in [1.165, 1.54) is 40.0 Å². The second-order valence-electron chi connectivity index (χ2n) is 23.7. The molecule has 9 atom stereocenters. The number of esters is 3. The average molecular weight is 1210 g/mol. The lowest BCUT2D eigenvalue weighted by atomic mass is 9.77. The average Bonchev–Trinajstić information content (AvgIpc) is 1.70. The van der Waals surface area contributed by atoms with Crippen molar-refractivity contribution in [3.63, 3.8) is 0 Å². The number of piperazine rings is 1. The summed E-state index contributed by atoms with van der Waals surface area (Å²) in [7, 11) is 0. The van der Waals surface area contributed by atoms with Crippen LogP contribution in [0.1, 0.15) is 124 Å². The predicted octanol–water partition coefficient (Wildman–Crippen LogP) is 7.37. The van der Waals surface area contributed by atoms with Crippen molar-refractivity contribution in [3.8, 4) is 28.7 Å². The van der Waals surface area contributed by atoms with E-state index in [1.807, 2.05) is 13.8 Å². The Balaban J connectivity index is 1.24. The van der Waals surface area contributed by atoms with Gasteiger partial charge in [0, 0.05) is 112 Å². The number of ketones is 1. The van der Waals surface area contributed by atoms with Gasteiger partial charge in [0.1, 0.15) is 65.0 Å². The van der Waals surface area contributed by atoms with Crippen LogP contribution in [0.15, 0.2) is 57.5 Å². The topological polar surface area (TPSA) is 317 Å². The van der Waals surface area contributed by atoms with Gasteiger partial charge in [-0.15, -0.1) is 0 Å². The number of phenolic OH excluding ortho intramolecular Hbond substituents is 2. The Hall–Kier alpha value is -8.18. The maximum absolute atomic E-state index is 15.1. The first-order valence-electron chi connectivity index (χ1n) is 29.6. The molecule has 2 aromatic carbocycles. The fourth-order valence-corrected chi connectivity index (χ4v) is 11.4. The number of phenols is 2. The van der Waals surface area contributed by atoms with Crippen LogP contribution in [0.5, 0.6) is 17.2 Å². The Morgan fingerprint density at radius 3 is 2.22 bits per heavy atom. The molecule has 470 valence electrons. The highest BCUT2D eigenvalue weighted by Crippen LogP contribution is 2.51. The molecule has 0 spiro atoms. The number of nitrogens with zero attached hydrogens (tertiary/aromatic N) is 3. The number of hydrogen-bond donors (Lipinski definition) is 5. The molecule has 8 rings (SSSR count). The first-order chi connectivity index (χ1) is 41.2. The number of ether oxygens (including phenoxy) is 5. The summed E-state index contributed by atoms with van der Waals surface area (Å²) in [4.78, 5) is 126. The van der Waals surface area contributed by atoms with Crippen molar-refractivity contribution in [2.75, 3.05) is 49.5 Å². The number of aliphatic hydroxyl groups excluding tert-OH is 1. The number of carbonyl (C=O) groups is 8. The summed E-state index contributed by atoms with van der Waals surface area (Å²) in [5, 5.41) is 40.3. The van der Waals surface area contributed by atoms with Crippen LogP contribution in [0, 0.1) is 42.4 Å². The van der Waals surface area contributed by atoms with E-state index in [-0.39, 0.29) is 100.0 Å². The molecule has 2 aromatic rings. The molecule has 0 radical (unpaired) electrons. The van der Waals surface area contributed by atoms with Gasteiger partial charge in [-0.3, -0.25) is 38.5 Å². The minimum Gasteiger partial charge on any atom is -0.507 e. The third-order valence-corrected chi connectivity index (χ3v) is 16.6. The van der Waals surface area contributed by atoms with Gasteiger partial charge < -0.3 is 68.5 Å². The number of Topliss-reactive ketones (excluding diaryl/α,β-unsaturated/α-hetero) is 1. The molecular weight excluding hydrogens is 1130 g/mol. The van der Waals surface area contributed by atoms with Gasteiger partial charge in [-0.25, -0.2) is 4.98 Å². The monoisotopic (exact) mass is 1210 g/mol. The van der Waals surface area contributed by atoms with Gasteiger partial charge in [-0.05, 0) is 56.9 Å². The van der Waals surface area contributed by atoms with Crippen LogP contribution in [-0.2, 0) is 52.5 Å². The van der Waals surface area contributed by atoms with E-state index in [9.17, 15) is 53.7 Å². The van der Waals surface area contributed by atoms with Gasteiger partial charge in [0.15, 0.2) is 11.3 Å². The normalized spacial score (nSPS) is 25.4. The van der Waals surface area contributed by atoms with E-state index >= 15 is 4.79 Å². The number of unbranched alkanes of at least 4 members (excludes halogenated alkanes) is 2. The van der Waals surface area contributed by atoms with Crippen molar-refractivity contribution in [3.05, 3.63) is 69.6 Å². The Kier molecular flexibility index (Phi) is 21.8. The molecule has 23 nitrogen and oxygen atoms in total. The summed E-state index contributed by atoms with van der Waals surface area (Å²) >= 11 is 0. The lowest BCUT2D eigenvalue weighted by Crippen LogP contribution is -2.47. The number of aliphatic hydroxyl groups is 1. The second kappa shape index (κ2) is 28.6. The zero-order valence-corrected chi connectivity index (χ0v) is 51.3. The van der Waals surface area contributed by atoms with Crippen molar-refractivity contribution in [1.29, 1.82) is 0 Å². The third kappa shape index (κ3) is 15.2. The molecule has 0 unspecified atom stereocenters. The van der Waals surface area contributed by atoms with Crippen LogP contribution in [-0.4, -0.2) is 143 Å². The first-order valence-corrected chi connectivity index (χ1v) is 29.6. The summed E-state index contributed by atoms with van der Waals surface area (Å²) in [6, 6.07) is 1.95. The smallest absolute Gasteiger partial charge is 0.312 e. The number of anilines is 2. The summed E-state index contributed by atoms with van der Waals surface area (Å²) in [6.45, 7) is 22.5. The maximum Gasteiger partial charge on any atom is 0.312 e. The number of amides is 2. The zero-order valence-electron chi connectivity index (χ0n) is 51.3. The van der Waals surface area contributed by atoms with Crippen molar-refractivity contribution in [1.82, 2.24) is 15.2 Å². The maximum atomic E-state index is 15.1. The largest absolute Gasteiger partial charge is 0.507 e. The number of allylic oxidation sites excluding steroid dienone is 3. The lowest BCUT2D eigenvalue weighted by Gasteiger charge is -2.38. The molecule has 1 saturated heterocycles. The molecule has 5 bridgehead atoms. The van der Waals surface area contributed by atoms with Gasteiger partial charge in [-0.1, -0.05) is 66.7 Å². The molecular formula is C64H81N5O18. The number of aromatic hydroxyl groups is 2. The number of aromatic nitrogens is 1. The number of nitrogens with one attached hydrogen (secondary N) is 2. The number of benzene rings is 3. The third-order valence-electron chi connectivity index (χ3n) is 16.6. The SMILES string of the molecule is CC(=O)O[C@H]1[C@H](C)[C@H](O)[C@H](C)[C@@H](OC(=O)CCCCCOC(=O)CCC(=O)NC(C=O)C=O)[C@@H](C)/C=C/C=C(/C)C(=O)Nc2c3oc4cc(N5CCN(CC(C)C)CC5)cc(O)c4nc-3c3c4c(c(C)c(O)c3c2=O)O[C@](C)(O/C=C/[C@H](C)[C@H]1C)C4=O. The quantitative estimate of drug-likeness (QED) is 0.0131. The number of fused-ring (bicyclic) bond motifs is 14. The van der Waals surface area contributed by atoms with Gasteiger partial charge in [0.05, 0.1) is 36.3 Å². The standard InChI is InChI=1S/C64H81N5O18/c1-33(2)30-68-22-24-69(25-23-68)43-28-44(73)52-45(29-43)85-61-53(66-52)49-50-56(78)40(9)60-51(49)62(80)64(11,87-60)83-27-21-34(3)37(6)59(84-41(10)72)39(8)55(77)38(7)58(35(4)16-15-17-36(5)63(81)67-54(61)57(50)79)86-48(76)18-13-12-14-26-82-47(75)20-19-46(74)65-42(31-70)32-71/h15-17,21,27-29,31-35,37-39,42,55,58-59,73,77-78H,12-14,18-20,22-26,30H2,1-11H3,(H,65,74)(H,67,81)/b16-15+,27-21+,36-17-/t34-,35-,37+,38-,39+,55+,58-,59+,64-/m0/s1. The molecule has 6 aliphatic rings. The highest BCUT2D eigenvalue weighted by molar-refractivity contribution is 6.22. The number of rotatable bonds is 17. The predicted molar refractivity (Wildman–Crippen MR) is 321 cm³/mol. The molecule has 1 aliphatic carbocycles. The van der Waals surface area contributed by atoms with Crippen LogP contribution < -0.4 is 25.7 Å². The van der Waals surface area contributed by atoms with E-state index < -0.39 is 112 Å². The molecule has 1 fully saturated rings. The fraction of sp³-hybridized carbons (Fsp3) is 0.531. The number of hydrogen-bond acceptors (Lipinski definition) is 21. The molecule has 5 heterocycles. The molecule has 2 amide bonds. The Bertz CT molecular complexity index is 3390. The van der Waals surface area contributed by atoms with E-state index in [0.717, 1.165) is 19.6 Å². The highest BCUT2D eigenvalue weighted by atomic mass is 16.7. The van der Waals surface area contributed by atoms with Crippen molar-refractivity contribution in [2.24, 2.45) is 35.5 Å². The van der Waals surface area contributed by atoms with Gasteiger partial charge >= 0.3 is 23.7 Å². The van der Waals surface area contributed by atoms with E-state index in [4.69, 9.17) is 33.1 Å². The minimum atomic E-state index is -2.10. The molecule has 87 heavy (non-hydrogen) atoms. The molecule has 0 aromatic heterocycles. The molecule has 0 saturated carbocycles. The van der Waals surface area contributed by atoms with Crippen LogP contribution in [0.3, 0.4) is 0 Å². The van der Waals surface area contributed by atoms with Crippen LogP contribution in [0.2, 0.25) is 0 Å². The Morgan fingerprint density at radius 2 is 1.55 bits per heavy atom. The Labute approximate surface area is 504 Å². The second-order valence-corrected chi connectivity index (χ2v) is 23.7. The van der Waals surface area contributed by atoms with Crippen molar-refractivity contribution in [2.45, 2.75) is 145 Å². The van der Waals surface area contributed by atoms with Crippen LogP contribution in [0.25, 0.3) is 33.3 Å². The summed E-state index contributed by atoms with van der Waals surface area (Å²) in [6.07, 6.45) is 5.50. The van der Waals surface area contributed by atoms with E-state index in [1.54, 1.807) is 51.1 Å². The van der Waals surface area contributed by atoms with Crippen molar-refractivity contribution < 1.29 is 81.8 Å². The first kappa shape index (κ1) is 66.3. The summed E-state index contributed by atoms with van der Waals surface area (Å²) < 4.78 is 36.3. The Morgan fingerprint density at radius 1 is 0.862 bits per heavy atom. The lowest BCUT2D eigenvalue weighted by molar-refractivity contribution is -0.164. The van der Waals surface area contributed by atoms with Crippen LogP contribution >= 0.6 is 0 Å². The van der Waals surface area contributed by atoms with Crippen molar-refractivity contribution >= 4 is 81.3 Å². The van der Waals surface area contributed by atoms with Crippen LogP contribution in [0.4, 0.5) is 11.4 Å². The zero-order chi connectivity index (χ0) is 63.8. The van der Waals surface area contributed by atoms with Gasteiger partial charge in [0.25, 0.3) is 11.7 Å². The van der Waals surface area contributed by atoms with E-state index in [2.05, 4.69) is 34.3 Å². The van der Waals surface area contributed by atoms with E-state index in [0.29, 0.717) is 44.0 Å². The fourth-order valence-electron chi connectivity index (χ4n) is 11.4. The molecule has 5 aliphatic heterocycles.